The monoisotopic (exact) mass is 257 g/mol. The number of carbonyl (C=O) groups excluding carboxylic acids is 1. The Morgan fingerprint density at radius 1 is 1.21 bits per heavy atom. The highest BCUT2D eigenvalue weighted by Gasteiger charge is 2.32. The van der Waals surface area contributed by atoms with Gasteiger partial charge in [0.1, 0.15) is 12.6 Å². The van der Waals surface area contributed by atoms with Crippen LogP contribution in [0.2, 0.25) is 0 Å². The third-order valence-electron chi connectivity index (χ3n) is 3.57. The maximum atomic E-state index is 12.0. The zero-order valence-corrected chi connectivity index (χ0v) is 10.5. The van der Waals surface area contributed by atoms with Gasteiger partial charge in [-0.3, -0.25) is 4.79 Å². The number of nitrogens with one attached hydrogen (secondary N) is 1. The Balaban J connectivity index is 1.76. The van der Waals surface area contributed by atoms with Gasteiger partial charge in [-0.1, -0.05) is 30.3 Å². The van der Waals surface area contributed by atoms with Gasteiger partial charge in [0.25, 0.3) is 5.91 Å². The van der Waals surface area contributed by atoms with Gasteiger partial charge in [0.15, 0.2) is 6.04 Å². The van der Waals surface area contributed by atoms with Gasteiger partial charge in [-0.25, -0.2) is 0 Å². The van der Waals surface area contributed by atoms with Gasteiger partial charge in [-0.15, -0.1) is 0 Å². The molecule has 0 unspecified atom stereocenters. The number of nitrogens with two attached hydrogens (primary N) is 1. The molecule has 1 aliphatic heterocycles. The van der Waals surface area contributed by atoms with Crippen molar-refractivity contribution in [1.82, 2.24) is 0 Å². The standard InChI is InChI=1S/C15H16N2O2/c18-13-8-14(16-9-13)15(19)17-12-6-5-10-3-1-2-4-11(10)7-12/h1-7,13-14,16,18H,8-9H2,(H,17,19)/p+1/t13-,14+/m1/s1. The van der Waals surface area contributed by atoms with Gasteiger partial charge in [0, 0.05) is 12.1 Å². The van der Waals surface area contributed by atoms with E-state index in [0.29, 0.717) is 13.0 Å². The Hall–Kier alpha value is -1.91. The second-order valence-corrected chi connectivity index (χ2v) is 5.02. The summed E-state index contributed by atoms with van der Waals surface area (Å²) in [5, 5.41) is 16.5. The molecule has 2 atom stereocenters. The molecular formula is C15H17N2O2+. The average molecular weight is 257 g/mol. The fourth-order valence-corrected chi connectivity index (χ4v) is 2.52. The van der Waals surface area contributed by atoms with E-state index in [9.17, 15) is 9.90 Å². The van der Waals surface area contributed by atoms with E-state index in [1.165, 1.54) is 0 Å². The number of quaternary nitrogens is 1. The van der Waals surface area contributed by atoms with E-state index in [0.717, 1.165) is 16.5 Å². The largest absolute Gasteiger partial charge is 0.387 e. The van der Waals surface area contributed by atoms with Crippen LogP contribution < -0.4 is 10.6 Å². The van der Waals surface area contributed by atoms with E-state index in [-0.39, 0.29) is 18.1 Å². The highest BCUT2D eigenvalue weighted by atomic mass is 16.3. The van der Waals surface area contributed by atoms with Crippen molar-refractivity contribution in [3.8, 4) is 0 Å². The van der Waals surface area contributed by atoms with Gasteiger partial charge in [-0.2, -0.15) is 0 Å². The zero-order chi connectivity index (χ0) is 13.2. The predicted molar refractivity (Wildman–Crippen MR) is 73.8 cm³/mol. The van der Waals surface area contributed by atoms with Crippen LogP contribution in [0.15, 0.2) is 42.5 Å². The molecule has 1 amide bonds. The van der Waals surface area contributed by atoms with Gasteiger partial charge in [-0.05, 0) is 22.9 Å². The average Bonchev–Trinajstić information content (AvgIpc) is 2.85. The summed E-state index contributed by atoms with van der Waals surface area (Å²) >= 11 is 0. The summed E-state index contributed by atoms with van der Waals surface area (Å²) < 4.78 is 0. The molecule has 4 nitrogen and oxygen atoms in total. The lowest BCUT2D eigenvalue weighted by molar-refractivity contribution is -0.659. The van der Waals surface area contributed by atoms with Crippen LogP contribution in [0.4, 0.5) is 5.69 Å². The molecule has 0 radical (unpaired) electrons. The van der Waals surface area contributed by atoms with Gasteiger partial charge in [0.2, 0.25) is 0 Å². The van der Waals surface area contributed by atoms with Gasteiger partial charge < -0.3 is 15.7 Å². The minimum absolute atomic E-state index is 0.0353. The predicted octanol–water partition coefficient (Wildman–Crippen LogP) is 0.475. The molecule has 19 heavy (non-hydrogen) atoms. The lowest BCUT2D eigenvalue weighted by Crippen LogP contribution is -2.89. The maximum Gasteiger partial charge on any atom is 0.282 e. The molecule has 0 aliphatic carbocycles. The minimum atomic E-state index is -0.368. The van der Waals surface area contributed by atoms with Crippen LogP contribution in [0.25, 0.3) is 10.8 Å². The van der Waals surface area contributed by atoms with Crippen LogP contribution in [0.5, 0.6) is 0 Å². The third-order valence-corrected chi connectivity index (χ3v) is 3.57. The molecule has 1 heterocycles. The second kappa shape index (κ2) is 4.99. The van der Waals surface area contributed by atoms with E-state index < -0.39 is 0 Å². The Kier molecular flexibility index (Phi) is 3.19. The first kappa shape index (κ1) is 12.1. The quantitative estimate of drug-likeness (QED) is 0.732. The molecule has 2 aromatic rings. The van der Waals surface area contributed by atoms with Gasteiger partial charge in [0.05, 0.1) is 0 Å². The molecule has 4 N–H and O–H groups in total. The van der Waals surface area contributed by atoms with Crippen molar-refractivity contribution >= 4 is 22.4 Å². The first-order valence-electron chi connectivity index (χ1n) is 6.53. The number of hydrogen-bond donors (Lipinski definition) is 3. The molecule has 1 fully saturated rings. The number of benzene rings is 2. The molecule has 98 valence electrons. The number of aliphatic hydroxyl groups excluding tert-OH is 1. The summed E-state index contributed by atoms with van der Waals surface area (Å²) in [6.45, 7) is 0.607. The van der Waals surface area contributed by atoms with E-state index in [1.807, 2.05) is 47.8 Å². The summed E-state index contributed by atoms with van der Waals surface area (Å²) in [5.74, 6) is -0.0353. The van der Waals surface area contributed by atoms with Gasteiger partial charge >= 0.3 is 0 Å². The normalized spacial score (nSPS) is 22.6. The van der Waals surface area contributed by atoms with Crippen LogP contribution in [-0.2, 0) is 4.79 Å². The number of hydrogen-bond acceptors (Lipinski definition) is 2. The lowest BCUT2D eigenvalue weighted by atomic mass is 10.1. The van der Waals surface area contributed by atoms with E-state index in [1.54, 1.807) is 0 Å². The highest BCUT2D eigenvalue weighted by molar-refractivity contribution is 5.96. The summed E-state index contributed by atoms with van der Waals surface area (Å²) in [5.41, 5.74) is 0.804. The number of amides is 1. The molecule has 1 saturated heterocycles. The molecule has 0 bridgehead atoms. The molecule has 0 spiro atoms. The number of fused-ring (bicyclic) bond motifs is 1. The van der Waals surface area contributed by atoms with Crippen molar-refractivity contribution in [2.45, 2.75) is 18.6 Å². The maximum absolute atomic E-state index is 12.0. The summed E-state index contributed by atoms with van der Waals surface area (Å²) in [6.07, 6.45) is 0.159. The Labute approximate surface area is 111 Å². The number of rotatable bonds is 2. The molecule has 0 saturated carbocycles. The topological polar surface area (TPSA) is 65.9 Å². The van der Waals surface area contributed by atoms with Crippen molar-refractivity contribution < 1.29 is 15.2 Å². The smallest absolute Gasteiger partial charge is 0.282 e. The Morgan fingerprint density at radius 3 is 2.74 bits per heavy atom. The molecule has 2 aromatic carbocycles. The van der Waals surface area contributed by atoms with Crippen molar-refractivity contribution in [2.24, 2.45) is 0 Å². The second-order valence-electron chi connectivity index (χ2n) is 5.02. The van der Waals surface area contributed by atoms with E-state index >= 15 is 0 Å². The van der Waals surface area contributed by atoms with Crippen molar-refractivity contribution in [2.75, 3.05) is 11.9 Å². The van der Waals surface area contributed by atoms with E-state index in [4.69, 9.17) is 0 Å². The van der Waals surface area contributed by atoms with Crippen molar-refractivity contribution in [3.63, 3.8) is 0 Å². The highest BCUT2D eigenvalue weighted by Crippen LogP contribution is 2.19. The Bertz CT molecular complexity index is 612. The summed E-state index contributed by atoms with van der Waals surface area (Å²) in [4.78, 5) is 12.0. The first-order valence-corrected chi connectivity index (χ1v) is 6.53. The number of aliphatic hydroxyl groups is 1. The lowest BCUT2D eigenvalue weighted by Gasteiger charge is -2.09. The van der Waals surface area contributed by atoms with Crippen LogP contribution in [0.1, 0.15) is 6.42 Å². The molecule has 0 aromatic heterocycles. The fourth-order valence-electron chi connectivity index (χ4n) is 2.52. The van der Waals surface area contributed by atoms with E-state index in [2.05, 4.69) is 5.32 Å². The first-order chi connectivity index (χ1) is 9.22. The summed E-state index contributed by atoms with van der Waals surface area (Å²) in [6, 6.07) is 13.7. The number of anilines is 1. The minimum Gasteiger partial charge on any atom is -0.387 e. The van der Waals surface area contributed by atoms with Crippen LogP contribution >= 0.6 is 0 Å². The van der Waals surface area contributed by atoms with Crippen molar-refractivity contribution in [1.29, 1.82) is 0 Å². The zero-order valence-electron chi connectivity index (χ0n) is 10.5. The van der Waals surface area contributed by atoms with Crippen molar-refractivity contribution in [3.05, 3.63) is 42.5 Å². The molecule has 1 aliphatic rings. The van der Waals surface area contributed by atoms with Crippen LogP contribution in [0.3, 0.4) is 0 Å². The molecule has 3 rings (SSSR count). The van der Waals surface area contributed by atoms with Crippen LogP contribution in [0, 0.1) is 0 Å². The third kappa shape index (κ3) is 2.59. The summed E-state index contributed by atoms with van der Waals surface area (Å²) in [7, 11) is 0. The number of carbonyl (C=O) groups is 1. The SMILES string of the molecule is O=C(Nc1ccc2ccccc2c1)[C@@H]1C[C@@H](O)C[NH2+]1. The molecule has 4 heteroatoms. The fraction of sp³-hybridized carbons (Fsp3) is 0.267. The Morgan fingerprint density at radius 2 is 2.00 bits per heavy atom. The molecular weight excluding hydrogens is 240 g/mol. The van der Waals surface area contributed by atoms with Crippen LogP contribution in [-0.4, -0.2) is 29.7 Å².